The van der Waals surface area contributed by atoms with Crippen LogP contribution in [0.4, 0.5) is 17.6 Å². The van der Waals surface area contributed by atoms with Crippen molar-refractivity contribution in [1.82, 2.24) is 61.2 Å². The molecule has 79 heavy (non-hydrogen) atoms. The van der Waals surface area contributed by atoms with E-state index in [0.717, 1.165) is 48.9 Å². The van der Waals surface area contributed by atoms with Crippen molar-refractivity contribution in [1.29, 1.82) is 0 Å². The van der Waals surface area contributed by atoms with Gasteiger partial charge in [0.05, 0.1) is 21.9 Å². The van der Waals surface area contributed by atoms with Crippen LogP contribution in [-0.2, 0) is 41.0 Å². The van der Waals surface area contributed by atoms with Gasteiger partial charge in [-0.2, -0.15) is 5.10 Å². The Morgan fingerprint density at radius 3 is 2.38 bits per heavy atom. The number of aryl methyl sites for hydroxylation is 1. The van der Waals surface area contributed by atoms with Gasteiger partial charge in [-0.25, -0.2) is 28.4 Å². The molecule has 0 radical (unpaired) electrons. The van der Waals surface area contributed by atoms with Crippen molar-refractivity contribution in [3.05, 3.63) is 95.2 Å². The molecule has 2 aliphatic carbocycles. The van der Waals surface area contributed by atoms with E-state index in [1.807, 2.05) is 49.1 Å². The number of aromatic nitrogens is 6. The Balaban J connectivity index is 0.845. The minimum absolute atomic E-state index is 0.0161. The molecule has 23 heteroatoms. The Morgan fingerprint density at radius 2 is 1.70 bits per heavy atom. The van der Waals surface area contributed by atoms with Gasteiger partial charge < -0.3 is 41.1 Å². The molecule has 0 spiro atoms. The minimum Gasteiger partial charge on any atom is -0.491 e. The average molecular weight is 1100 g/mol. The van der Waals surface area contributed by atoms with Crippen LogP contribution in [0.5, 0.6) is 5.75 Å². The second-order valence-corrected chi connectivity index (χ2v) is 24.8. The van der Waals surface area contributed by atoms with Crippen LogP contribution in [0.1, 0.15) is 99.0 Å². The van der Waals surface area contributed by atoms with Crippen molar-refractivity contribution >= 4 is 68.2 Å². The first-order valence-corrected chi connectivity index (χ1v) is 28.7. The number of rotatable bonds is 18. The van der Waals surface area contributed by atoms with Gasteiger partial charge in [0.1, 0.15) is 47.0 Å². The smallest absolute Gasteiger partial charge is 0.254 e. The predicted molar refractivity (Wildman–Crippen MR) is 298 cm³/mol. The first kappa shape index (κ1) is 56.4. The number of anilines is 3. The molecule has 6 N–H and O–H groups in total. The highest BCUT2D eigenvalue weighted by Gasteiger charge is 2.47. The highest BCUT2D eigenvalue weighted by atomic mass is 32.2. The average Bonchev–Trinajstić information content (AvgIpc) is 4.04. The third-order valence-corrected chi connectivity index (χ3v) is 18.4. The molecule has 4 aliphatic rings. The summed E-state index contributed by atoms with van der Waals surface area (Å²) in [5.41, 5.74) is 2.55. The van der Waals surface area contributed by atoms with Gasteiger partial charge in [0.15, 0.2) is 21.9 Å². The molecule has 5 heterocycles. The van der Waals surface area contributed by atoms with Gasteiger partial charge in [-0.3, -0.25) is 34.0 Å². The Bertz CT molecular complexity index is 3220. The normalized spacial score (nSPS) is 20.7. The zero-order chi connectivity index (χ0) is 56.2. The number of piperazine rings is 1. The van der Waals surface area contributed by atoms with Crippen molar-refractivity contribution in [3.63, 3.8) is 0 Å². The molecule has 9 rings (SSSR count). The number of likely N-dealkylation sites (tertiary alicyclic amines) is 1. The maximum atomic E-state index is 14.9. The summed E-state index contributed by atoms with van der Waals surface area (Å²) in [7, 11) is -2.21. The van der Waals surface area contributed by atoms with Gasteiger partial charge >= 0.3 is 0 Å². The fraction of sp³-hybridized carbons (Fsp3) is 0.500. The number of benzene rings is 2. The van der Waals surface area contributed by atoms with E-state index >= 15 is 0 Å². The summed E-state index contributed by atoms with van der Waals surface area (Å²) < 4.78 is 33.3. The number of allylic oxidation sites excluding steroid dienone is 1. The minimum atomic E-state index is -3.88. The molecule has 420 valence electrons. The third-order valence-electron chi connectivity index (χ3n) is 15.9. The number of fused-ring (bicyclic) bond motifs is 2. The number of carbonyl (C=O) groups is 5. The number of amides is 4. The number of aromatic amines is 1. The van der Waals surface area contributed by atoms with E-state index in [9.17, 15) is 32.4 Å². The highest BCUT2D eigenvalue weighted by Crippen LogP contribution is 2.38. The second-order valence-electron chi connectivity index (χ2n) is 22.1. The fourth-order valence-corrected chi connectivity index (χ4v) is 12.1. The van der Waals surface area contributed by atoms with Gasteiger partial charge in [0, 0.05) is 80.4 Å². The first-order chi connectivity index (χ1) is 37.8. The van der Waals surface area contributed by atoms with Gasteiger partial charge in [-0.15, -0.1) is 0 Å². The van der Waals surface area contributed by atoms with E-state index in [-0.39, 0.29) is 47.6 Å². The van der Waals surface area contributed by atoms with E-state index in [4.69, 9.17) is 4.74 Å². The van der Waals surface area contributed by atoms with Crippen molar-refractivity contribution in [2.24, 2.45) is 5.92 Å². The lowest BCUT2D eigenvalue weighted by molar-refractivity contribution is -0.143. The Hall–Kier alpha value is -7.37. The van der Waals surface area contributed by atoms with E-state index in [2.05, 4.69) is 61.6 Å². The quantitative estimate of drug-likeness (QED) is 0.0535. The Morgan fingerprint density at radius 1 is 0.962 bits per heavy atom. The van der Waals surface area contributed by atoms with Crippen LogP contribution in [0.15, 0.2) is 72.2 Å². The molecule has 1 saturated carbocycles. The molecule has 4 amide bonds. The molecule has 3 fully saturated rings. The molecule has 5 atom stereocenters. The molecular formula is C56H72N14O8S. The van der Waals surface area contributed by atoms with Crippen LogP contribution < -0.4 is 36.2 Å². The molecule has 3 aromatic heterocycles. The largest absolute Gasteiger partial charge is 0.491 e. The van der Waals surface area contributed by atoms with E-state index in [1.165, 1.54) is 23.6 Å². The van der Waals surface area contributed by atoms with Gasteiger partial charge in [0.25, 0.3) is 5.91 Å². The van der Waals surface area contributed by atoms with Crippen LogP contribution in [0.3, 0.4) is 0 Å². The zero-order valence-electron chi connectivity index (χ0n) is 46.0. The monoisotopic (exact) mass is 1100 g/mol. The van der Waals surface area contributed by atoms with Crippen LogP contribution in [0.2, 0.25) is 0 Å². The Labute approximate surface area is 460 Å². The summed E-state index contributed by atoms with van der Waals surface area (Å²) in [4.78, 5) is 93.5. The number of nitrogens with zero attached hydrogens (tertiary/aromatic N) is 8. The van der Waals surface area contributed by atoms with Crippen molar-refractivity contribution in [2.75, 3.05) is 63.1 Å². The number of H-pyrrole nitrogens is 1. The number of ether oxygens (including phenoxy) is 1. The maximum Gasteiger partial charge on any atom is 0.254 e. The number of sulfone groups is 1. The number of hydrogen-bond acceptors (Lipinski definition) is 17. The number of carbonyl (C=O) groups excluding carboxylic acids is 5. The van der Waals surface area contributed by atoms with Gasteiger partial charge in [-0.05, 0) is 97.4 Å². The standard InChI is InChI=1S/C56H72N14O8S/c1-34-35(2)66-67-48(34)64-49-41-27-46(79(76,77)55(4,5)6)45(28-43(41)60-33-61-49)78-25-24-68-20-22-69(23-21-68)54-58-29-39(30-59-54)51(73)62-40-26-44(52(74)65-56(32-71)19-13-17-37-14-11-12-18-42(37)56)70(31-40)53(75)47(38-15-9-8-10-16-38)63-50(72)36(3)57-7/h11-14,18-19,27-30,32-33,36,38,40,44,47,57H,8-10,15-17,20-26,31H2,1-7H3,(H,62,73)(H,63,72)(H,65,74)(H2,60,61,64,66,67)/t36-,40-,44-,47-,56-/m0/s1. The summed E-state index contributed by atoms with van der Waals surface area (Å²) >= 11 is 0. The molecular weight excluding hydrogens is 1030 g/mol. The van der Waals surface area contributed by atoms with E-state index in [0.29, 0.717) is 79.5 Å². The summed E-state index contributed by atoms with van der Waals surface area (Å²) in [5.74, 6) is -0.321. The van der Waals surface area contributed by atoms with Crippen molar-refractivity contribution in [3.8, 4) is 5.75 Å². The summed E-state index contributed by atoms with van der Waals surface area (Å²) in [6, 6.07) is 7.38. The number of aldehydes is 1. The van der Waals surface area contributed by atoms with E-state index < -0.39 is 62.0 Å². The molecule has 22 nitrogen and oxygen atoms in total. The molecule has 0 unspecified atom stereocenters. The van der Waals surface area contributed by atoms with Crippen molar-refractivity contribution < 1.29 is 37.1 Å². The van der Waals surface area contributed by atoms with Crippen LogP contribution in [-0.4, -0.2) is 160 Å². The van der Waals surface area contributed by atoms with E-state index in [1.54, 1.807) is 53.0 Å². The summed E-state index contributed by atoms with van der Waals surface area (Å²) in [6.45, 7) is 13.6. The molecule has 2 aromatic carbocycles. The van der Waals surface area contributed by atoms with Crippen LogP contribution >= 0.6 is 0 Å². The zero-order valence-corrected chi connectivity index (χ0v) is 46.8. The molecule has 5 aromatic rings. The molecule has 2 saturated heterocycles. The Kier molecular flexibility index (Phi) is 16.8. The van der Waals surface area contributed by atoms with Gasteiger partial charge in [-0.1, -0.05) is 55.7 Å². The van der Waals surface area contributed by atoms with Crippen LogP contribution in [0.25, 0.3) is 10.9 Å². The number of likely N-dealkylation sites (N-methyl/N-ethyl adjacent to an activating group) is 1. The fourth-order valence-electron chi connectivity index (χ4n) is 10.8. The van der Waals surface area contributed by atoms with Gasteiger partial charge in [0.2, 0.25) is 23.7 Å². The molecule has 0 bridgehead atoms. The molecule has 2 aliphatic heterocycles. The first-order valence-electron chi connectivity index (χ1n) is 27.2. The van der Waals surface area contributed by atoms with Crippen molar-refractivity contribution in [2.45, 2.75) is 126 Å². The topological polar surface area (TPSA) is 279 Å². The second kappa shape index (κ2) is 23.5. The summed E-state index contributed by atoms with van der Waals surface area (Å²) in [6.07, 6.45) is 13.5. The lowest BCUT2D eigenvalue weighted by Crippen LogP contribution is -2.59. The third kappa shape index (κ3) is 12.0. The highest BCUT2D eigenvalue weighted by molar-refractivity contribution is 7.92. The SMILES string of the molecule is CN[C@@H](C)C(=O)N[C@H](C(=O)N1C[C@@H](NC(=O)c2cnc(N3CCN(CCOc4cc5ncnc(Nc6n[nH]c(C)c6C)c5cc4S(=O)(=O)C(C)(C)C)CC3)nc2)C[C@H]1C(=O)N[C@]1(C=O)C=CCc2ccccc21)C1CCCCC1. The lowest BCUT2D eigenvalue weighted by Gasteiger charge is -2.36. The van der Waals surface area contributed by atoms with Crippen LogP contribution in [0, 0.1) is 19.8 Å². The number of nitrogens with one attached hydrogen (secondary N) is 6. The summed E-state index contributed by atoms with van der Waals surface area (Å²) in [5, 5.41) is 23.0. The lowest BCUT2D eigenvalue weighted by atomic mass is 9.82. The number of hydrogen-bond donors (Lipinski definition) is 6. The predicted octanol–water partition coefficient (Wildman–Crippen LogP) is 3.97. The maximum absolute atomic E-state index is 14.9.